The number of carbonyl (C=O) groups is 1. The van der Waals surface area contributed by atoms with Gasteiger partial charge in [0.15, 0.2) is 0 Å². The molecule has 0 spiro atoms. The number of rotatable bonds is 5. The van der Waals surface area contributed by atoms with Crippen LogP contribution in [-0.2, 0) is 4.74 Å². The third-order valence-electron chi connectivity index (χ3n) is 4.83. The Morgan fingerprint density at radius 1 is 1.33 bits per heavy atom. The van der Waals surface area contributed by atoms with Gasteiger partial charge in [0, 0.05) is 32.3 Å². The molecule has 2 aliphatic heterocycles. The van der Waals surface area contributed by atoms with E-state index in [0.717, 1.165) is 25.9 Å². The molecule has 5 heteroatoms. The standard InChI is InChI=1S/C16H31N3O2/c1-13(11-16(2,3)21-4)17-15(20)19-10-7-14(12-19)18-8-5-6-9-18/h13-14H,5-12H2,1-4H3,(H,17,20)/t13-,14+/m1/s1. The predicted molar refractivity (Wildman–Crippen MR) is 84.5 cm³/mol. The molecule has 2 fully saturated rings. The third kappa shape index (κ3) is 4.58. The van der Waals surface area contributed by atoms with Gasteiger partial charge in [-0.3, -0.25) is 4.90 Å². The zero-order valence-electron chi connectivity index (χ0n) is 14.0. The molecule has 0 unspecified atom stereocenters. The van der Waals surface area contributed by atoms with Crippen LogP contribution < -0.4 is 5.32 Å². The molecule has 2 heterocycles. The van der Waals surface area contributed by atoms with E-state index in [1.54, 1.807) is 7.11 Å². The summed E-state index contributed by atoms with van der Waals surface area (Å²) in [7, 11) is 1.72. The minimum Gasteiger partial charge on any atom is -0.379 e. The van der Waals surface area contributed by atoms with E-state index in [2.05, 4.69) is 24.1 Å². The van der Waals surface area contributed by atoms with Crippen molar-refractivity contribution in [1.29, 1.82) is 0 Å². The van der Waals surface area contributed by atoms with Gasteiger partial charge in [-0.05, 0) is 59.5 Å². The fourth-order valence-corrected chi connectivity index (χ4v) is 3.50. The number of amides is 2. The molecule has 2 atom stereocenters. The summed E-state index contributed by atoms with van der Waals surface area (Å²) in [6, 6.07) is 0.776. The molecule has 2 amide bonds. The third-order valence-corrected chi connectivity index (χ3v) is 4.83. The Morgan fingerprint density at radius 3 is 2.62 bits per heavy atom. The van der Waals surface area contributed by atoms with Gasteiger partial charge < -0.3 is 15.0 Å². The van der Waals surface area contributed by atoms with Gasteiger partial charge in [-0.15, -0.1) is 0 Å². The van der Waals surface area contributed by atoms with Gasteiger partial charge in [-0.25, -0.2) is 4.79 Å². The molecule has 5 nitrogen and oxygen atoms in total. The van der Waals surface area contributed by atoms with E-state index >= 15 is 0 Å². The van der Waals surface area contributed by atoms with E-state index in [1.807, 2.05) is 11.8 Å². The highest BCUT2D eigenvalue weighted by Gasteiger charge is 2.32. The maximum Gasteiger partial charge on any atom is 0.317 e. The Labute approximate surface area is 129 Å². The summed E-state index contributed by atoms with van der Waals surface area (Å²) in [5.74, 6) is 0. The first-order valence-corrected chi connectivity index (χ1v) is 8.26. The summed E-state index contributed by atoms with van der Waals surface area (Å²) < 4.78 is 5.43. The predicted octanol–water partition coefficient (Wildman–Crippen LogP) is 2.07. The van der Waals surface area contributed by atoms with Crippen molar-refractivity contribution in [2.24, 2.45) is 0 Å². The molecular weight excluding hydrogens is 266 g/mol. The highest BCUT2D eigenvalue weighted by atomic mass is 16.5. The lowest BCUT2D eigenvalue weighted by Crippen LogP contribution is -2.46. The number of ether oxygens (including phenoxy) is 1. The number of nitrogens with one attached hydrogen (secondary N) is 1. The Hall–Kier alpha value is -0.810. The molecule has 0 aromatic carbocycles. The largest absolute Gasteiger partial charge is 0.379 e. The van der Waals surface area contributed by atoms with Crippen LogP contribution in [0.2, 0.25) is 0 Å². The van der Waals surface area contributed by atoms with E-state index in [0.29, 0.717) is 6.04 Å². The minimum absolute atomic E-state index is 0.0797. The molecule has 21 heavy (non-hydrogen) atoms. The van der Waals surface area contributed by atoms with Crippen molar-refractivity contribution in [3.63, 3.8) is 0 Å². The topological polar surface area (TPSA) is 44.8 Å². The molecule has 2 rings (SSSR count). The first-order valence-electron chi connectivity index (χ1n) is 8.26. The number of hydrogen-bond donors (Lipinski definition) is 1. The van der Waals surface area contributed by atoms with Gasteiger partial charge >= 0.3 is 6.03 Å². The molecular formula is C16H31N3O2. The van der Waals surface area contributed by atoms with Crippen molar-refractivity contribution in [1.82, 2.24) is 15.1 Å². The van der Waals surface area contributed by atoms with Crippen LogP contribution in [0.5, 0.6) is 0 Å². The Balaban J connectivity index is 1.76. The summed E-state index contributed by atoms with van der Waals surface area (Å²) in [6.45, 7) is 10.3. The van der Waals surface area contributed by atoms with Crippen LogP contribution >= 0.6 is 0 Å². The quantitative estimate of drug-likeness (QED) is 0.845. The second-order valence-corrected chi connectivity index (χ2v) is 7.15. The van der Waals surface area contributed by atoms with Crippen molar-refractivity contribution in [2.75, 3.05) is 33.3 Å². The van der Waals surface area contributed by atoms with Gasteiger partial charge in [0.25, 0.3) is 0 Å². The van der Waals surface area contributed by atoms with Crippen molar-refractivity contribution >= 4 is 6.03 Å². The average molecular weight is 297 g/mol. The number of nitrogens with zero attached hydrogens (tertiary/aromatic N) is 2. The van der Waals surface area contributed by atoms with Crippen molar-refractivity contribution in [3.05, 3.63) is 0 Å². The first kappa shape index (κ1) is 16.6. The summed E-state index contributed by atoms with van der Waals surface area (Å²) in [5, 5.41) is 3.11. The van der Waals surface area contributed by atoms with Crippen LogP contribution in [0, 0.1) is 0 Å². The lowest BCUT2D eigenvalue weighted by molar-refractivity contribution is 0.00919. The fraction of sp³-hybridized carbons (Fsp3) is 0.938. The van der Waals surface area contributed by atoms with Crippen LogP contribution in [0.1, 0.15) is 46.5 Å². The summed E-state index contributed by atoms with van der Waals surface area (Å²) in [5.41, 5.74) is -0.199. The van der Waals surface area contributed by atoms with Gasteiger partial charge in [0.1, 0.15) is 0 Å². The van der Waals surface area contributed by atoms with Crippen molar-refractivity contribution in [2.45, 2.75) is 64.1 Å². The Bertz CT molecular complexity index is 353. The molecule has 2 saturated heterocycles. The molecule has 0 radical (unpaired) electrons. The molecule has 0 aromatic rings. The zero-order valence-corrected chi connectivity index (χ0v) is 14.0. The van der Waals surface area contributed by atoms with Gasteiger partial charge in [-0.2, -0.15) is 0 Å². The molecule has 0 bridgehead atoms. The van der Waals surface area contributed by atoms with Crippen LogP contribution in [0.25, 0.3) is 0 Å². The number of urea groups is 1. The SMILES string of the molecule is COC(C)(C)C[C@@H](C)NC(=O)N1CC[C@H](N2CCCC2)C1. The normalized spacial score (nSPS) is 25.3. The van der Waals surface area contributed by atoms with E-state index in [4.69, 9.17) is 4.74 Å². The number of hydrogen-bond acceptors (Lipinski definition) is 3. The lowest BCUT2D eigenvalue weighted by Gasteiger charge is -2.29. The van der Waals surface area contributed by atoms with Crippen LogP contribution in [0.15, 0.2) is 0 Å². The fourth-order valence-electron chi connectivity index (χ4n) is 3.50. The molecule has 1 N–H and O–H groups in total. The van der Waals surface area contributed by atoms with Crippen LogP contribution in [0.4, 0.5) is 4.79 Å². The summed E-state index contributed by atoms with van der Waals surface area (Å²) in [4.78, 5) is 16.9. The number of likely N-dealkylation sites (tertiary alicyclic amines) is 2. The van der Waals surface area contributed by atoms with E-state index in [1.165, 1.54) is 25.9 Å². The Morgan fingerprint density at radius 2 is 2.00 bits per heavy atom. The molecule has 0 aromatic heterocycles. The lowest BCUT2D eigenvalue weighted by atomic mass is 10.00. The second-order valence-electron chi connectivity index (χ2n) is 7.15. The highest BCUT2D eigenvalue weighted by molar-refractivity contribution is 5.74. The molecule has 0 saturated carbocycles. The number of carbonyl (C=O) groups excluding carboxylic acids is 1. The maximum absolute atomic E-state index is 12.3. The van der Waals surface area contributed by atoms with Gasteiger partial charge in [0.05, 0.1) is 5.60 Å². The second kappa shape index (κ2) is 6.97. The molecule has 2 aliphatic rings. The van der Waals surface area contributed by atoms with E-state index in [9.17, 15) is 4.79 Å². The molecule has 122 valence electrons. The van der Waals surface area contributed by atoms with E-state index in [-0.39, 0.29) is 17.7 Å². The highest BCUT2D eigenvalue weighted by Crippen LogP contribution is 2.21. The smallest absolute Gasteiger partial charge is 0.317 e. The van der Waals surface area contributed by atoms with Crippen LogP contribution in [-0.4, -0.2) is 66.8 Å². The zero-order chi connectivity index (χ0) is 15.5. The maximum atomic E-state index is 12.3. The first-order chi connectivity index (χ1) is 9.91. The minimum atomic E-state index is -0.199. The molecule has 0 aliphatic carbocycles. The number of methoxy groups -OCH3 is 1. The Kier molecular flexibility index (Phi) is 5.49. The van der Waals surface area contributed by atoms with Gasteiger partial charge in [0.2, 0.25) is 0 Å². The summed E-state index contributed by atoms with van der Waals surface area (Å²) in [6.07, 6.45) is 4.56. The average Bonchev–Trinajstić information content (AvgIpc) is 3.08. The summed E-state index contributed by atoms with van der Waals surface area (Å²) >= 11 is 0. The van der Waals surface area contributed by atoms with Crippen LogP contribution in [0.3, 0.4) is 0 Å². The monoisotopic (exact) mass is 297 g/mol. The van der Waals surface area contributed by atoms with Crippen molar-refractivity contribution < 1.29 is 9.53 Å². The van der Waals surface area contributed by atoms with Crippen molar-refractivity contribution in [3.8, 4) is 0 Å². The van der Waals surface area contributed by atoms with Gasteiger partial charge in [-0.1, -0.05) is 0 Å². The van der Waals surface area contributed by atoms with E-state index < -0.39 is 0 Å².